The topological polar surface area (TPSA) is 80.8 Å². The maximum Gasteiger partial charge on any atom is 0.262 e. The van der Waals surface area contributed by atoms with Gasteiger partial charge in [0.05, 0.1) is 23.8 Å². The quantitative estimate of drug-likeness (QED) is 0.910. The van der Waals surface area contributed by atoms with Gasteiger partial charge in [0.2, 0.25) is 0 Å². The number of fused-ring (bicyclic) bond motifs is 1. The zero-order valence-corrected chi connectivity index (χ0v) is 14.3. The number of ether oxygens (including phenoxy) is 2. The van der Waals surface area contributed by atoms with E-state index in [4.69, 9.17) is 9.47 Å². The van der Waals surface area contributed by atoms with Gasteiger partial charge >= 0.3 is 0 Å². The molecule has 1 aromatic heterocycles. The Morgan fingerprint density at radius 1 is 1.12 bits per heavy atom. The van der Waals surface area contributed by atoms with Gasteiger partial charge in [0.1, 0.15) is 0 Å². The highest BCUT2D eigenvalue weighted by Crippen LogP contribution is 2.33. The van der Waals surface area contributed by atoms with Crippen LogP contribution < -0.4 is 19.1 Å². The van der Waals surface area contributed by atoms with Crippen LogP contribution in [0.25, 0.3) is 0 Å². The number of rotatable bonds is 4. The fraction of sp³-hybridized carbons (Fsp3) is 0.312. The Kier molecular flexibility index (Phi) is 4.48. The Labute approximate surface area is 141 Å². The average Bonchev–Trinajstić information content (AvgIpc) is 2.79. The van der Waals surface area contributed by atoms with Crippen LogP contribution in [0.3, 0.4) is 0 Å². The van der Waals surface area contributed by atoms with Crippen molar-refractivity contribution in [3.05, 3.63) is 36.5 Å². The summed E-state index contributed by atoms with van der Waals surface area (Å²) in [4.78, 5) is 6.05. The number of benzene rings is 1. The number of anilines is 2. The third-order valence-electron chi connectivity index (χ3n) is 3.48. The monoisotopic (exact) mass is 349 g/mol. The highest BCUT2D eigenvalue weighted by atomic mass is 32.2. The molecule has 0 aliphatic carbocycles. The molecule has 1 aliphatic heterocycles. The Bertz CT molecular complexity index is 837. The number of hydrogen-bond donors (Lipinski definition) is 1. The van der Waals surface area contributed by atoms with Crippen molar-refractivity contribution in [1.82, 2.24) is 4.98 Å². The zero-order valence-electron chi connectivity index (χ0n) is 13.5. The molecule has 1 aliphatic rings. The predicted octanol–water partition coefficient (Wildman–Crippen LogP) is 2.11. The second kappa shape index (κ2) is 6.56. The molecule has 1 N–H and O–H groups in total. The molecule has 0 amide bonds. The lowest BCUT2D eigenvalue weighted by Gasteiger charge is -2.17. The Morgan fingerprint density at radius 2 is 1.88 bits per heavy atom. The van der Waals surface area contributed by atoms with Crippen LogP contribution in [0.15, 0.2) is 41.4 Å². The summed E-state index contributed by atoms with van der Waals surface area (Å²) in [5.74, 6) is 1.53. The van der Waals surface area contributed by atoms with E-state index in [1.807, 2.05) is 0 Å². The summed E-state index contributed by atoms with van der Waals surface area (Å²) in [6.07, 6.45) is 2.37. The SMILES string of the molecule is CN(C)c1ncccc1NS(=O)(=O)c1ccc2c(c1)OCCCO2. The molecule has 2 heterocycles. The maximum absolute atomic E-state index is 12.7. The lowest BCUT2D eigenvalue weighted by Crippen LogP contribution is -2.18. The standard InChI is InChI=1S/C16H19N3O4S/c1-19(2)16-13(5-3-8-17-16)18-24(20,21)12-6-7-14-15(11-12)23-10-4-9-22-14/h3,5-8,11,18H,4,9-10H2,1-2H3. The van der Waals surface area contributed by atoms with Crippen molar-refractivity contribution in [2.45, 2.75) is 11.3 Å². The first-order valence-electron chi connectivity index (χ1n) is 7.52. The molecule has 0 radical (unpaired) electrons. The van der Waals surface area contributed by atoms with Gasteiger partial charge in [-0.05, 0) is 24.3 Å². The van der Waals surface area contributed by atoms with Gasteiger partial charge in [-0.15, -0.1) is 0 Å². The third-order valence-corrected chi connectivity index (χ3v) is 4.85. The number of pyridine rings is 1. The van der Waals surface area contributed by atoms with Gasteiger partial charge in [0, 0.05) is 32.8 Å². The molecule has 0 fully saturated rings. The van der Waals surface area contributed by atoms with Crippen LogP contribution in [-0.2, 0) is 10.0 Å². The van der Waals surface area contributed by atoms with Crippen LogP contribution in [0, 0.1) is 0 Å². The summed E-state index contributed by atoms with van der Waals surface area (Å²) < 4.78 is 39.1. The van der Waals surface area contributed by atoms with Gasteiger partial charge in [-0.2, -0.15) is 0 Å². The van der Waals surface area contributed by atoms with E-state index in [2.05, 4.69) is 9.71 Å². The van der Waals surface area contributed by atoms with E-state index in [1.165, 1.54) is 12.1 Å². The van der Waals surface area contributed by atoms with E-state index in [9.17, 15) is 8.42 Å². The van der Waals surface area contributed by atoms with Gasteiger partial charge in [-0.25, -0.2) is 13.4 Å². The van der Waals surface area contributed by atoms with E-state index >= 15 is 0 Å². The summed E-state index contributed by atoms with van der Waals surface area (Å²) >= 11 is 0. The van der Waals surface area contributed by atoms with Crippen molar-refractivity contribution >= 4 is 21.5 Å². The van der Waals surface area contributed by atoms with Crippen LogP contribution in [0.4, 0.5) is 11.5 Å². The van der Waals surface area contributed by atoms with E-state index in [0.29, 0.717) is 36.2 Å². The van der Waals surface area contributed by atoms with Crippen molar-refractivity contribution in [2.24, 2.45) is 0 Å². The largest absolute Gasteiger partial charge is 0.490 e. The highest BCUT2D eigenvalue weighted by molar-refractivity contribution is 7.92. The Hall–Kier alpha value is -2.48. The third kappa shape index (κ3) is 3.38. The lowest BCUT2D eigenvalue weighted by atomic mass is 10.3. The minimum absolute atomic E-state index is 0.111. The molecular formula is C16H19N3O4S. The van der Waals surface area contributed by atoms with E-state index in [-0.39, 0.29) is 4.90 Å². The van der Waals surface area contributed by atoms with Crippen molar-refractivity contribution in [1.29, 1.82) is 0 Å². The second-order valence-corrected chi connectivity index (χ2v) is 7.22. The van der Waals surface area contributed by atoms with Crippen LogP contribution in [0.1, 0.15) is 6.42 Å². The van der Waals surface area contributed by atoms with Crippen LogP contribution in [-0.4, -0.2) is 40.7 Å². The number of aromatic nitrogens is 1. The normalized spacial score (nSPS) is 13.9. The van der Waals surface area contributed by atoms with Crippen LogP contribution in [0.5, 0.6) is 11.5 Å². The van der Waals surface area contributed by atoms with Crippen molar-refractivity contribution in [3.8, 4) is 11.5 Å². The van der Waals surface area contributed by atoms with Gasteiger partial charge in [0.25, 0.3) is 10.0 Å². The molecule has 0 bridgehead atoms. The van der Waals surface area contributed by atoms with E-state index < -0.39 is 10.0 Å². The minimum Gasteiger partial charge on any atom is -0.490 e. The summed E-state index contributed by atoms with van der Waals surface area (Å²) in [6, 6.07) is 7.95. The molecular weight excluding hydrogens is 330 g/mol. The van der Waals surface area contributed by atoms with Gasteiger partial charge in [0.15, 0.2) is 17.3 Å². The molecule has 0 unspecified atom stereocenters. The molecule has 0 atom stereocenters. The van der Waals surface area contributed by atoms with Crippen molar-refractivity contribution < 1.29 is 17.9 Å². The molecule has 0 saturated heterocycles. The molecule has 0 spiro atoms. The Balaban J connectivity index is 1.93. The summed E-state index contributed by atoms with van der Waals surface area (Å²) in [6.45, 7) is 1.05. The van der Waals surface area contributed by atoms with E-state index in [1.54, 1.807) is 43.4 Å². The minimum atomic E-state index is -3.77. The molecule has 0 saturated carbocycles. The molecule has 1 aromatic carbocycles. The smallest absolute Gasteiger partial charge is 0.262 e. The van der Waals surface area contributed by atoms with Crippen molar-refractivity contribution in [3.63, 3.8) is 0 Å². The first-order chi connectivity index (χ1) is 11.5. The van der Waals surface area contributed by atoms with Gasteiger partial charge < -0.3 is 14.4 Å². The van der Waals surface area contributed by atoms with Crippen LogP contribution >= 0.6 is 0 Å². The van der Waals surface area contributed by atoms with Gasteiger partial charge in [-0.3, -0.25) is 4.72 Å². The molecule has 24 heavy (non-hydrogen) atoms. The first kappa shape index (κ1) is 16.4. The Morgan fingerprint density at radius 3 is 2.62 bits per heavy atom. The maximum atomic E-state index is 12.7. The summed E-state index contributed by atoms with van der Waals surface area (Å²) in [5, 5.41) is 0. The predicted molar refractivity (Wildman–Crippen MR) is 91.4 cm³/mol. The fourth-order valence-corrected chi connectivity index (χ4v) is 3.42. The fourth-order valence-electron chi connectivity index (χ4n) is 2.35. The van der Waals surface area contributed by atoms with Crippen molar-refractivity contribution in [2.75, 3.05) is 36.9 Å². The van der Waals surface area contributed by atoms with E-state index in [0.717, 1.165) is 6.42 Å². The first-order valence-corrected chi connectivity index (χ1v) is 9.00. The second-order valence-electron chi connectivity index (χ2n) is 5.53. The average molecular weight is 349 g/mol. The number of sulfonamides is 1. The van der Waals surface area contributed by atoms with Crippen LogP contribution in [0.2, 0.25) is 0 Å². The number of nitrogens with one attached hydrogen (secondary N) is 1. The van der Waals surface area contributed by atoms with Gasteiger partial charge in [-0.1, -0.05) is 0 Å². The molecule has 3 rings (SSSR count). The summed E-state index contributed by atoms with van der Waals surface area (Å²) in [5.41, 5.74) is 0.412. The molecule has 7 nitrogen and oxygen atoms in total. The number of nitrogens with zero attached hydrogens (tertiary/aromatic N) is 2. The lowest BCUT2D eigenvalue weighted by molar-refractivity contribution is 0.297. The number of hydrogen-bond acceptors (Lipinski definition) is 6. The highest BCUT2D eigenvalue weighted by Gasteiger charge is 2.20. The molecule has 128 valence electrons. The summed E-state index contributed by atoms with van der Waals surface area (Å²) in [7, 11) is -0.168. The zero-order chi connectivity index (χ0) is 17.2. The molecule has 2 aromatic rings. The molecule has 8 heteroatoms.